The molecule has 4 heterocycles. The lowest BCUT2D eigenvalue weighted by atomic mass is 10.2. The molecule has 0 radical (unpaired) electrons. The van der Waals surface area contributed by atoms with Crippen molar-refractivity contribution < 1.29 is 8.83 Å². The van der Waals surface area contributed by atoms with E-state index in [4.69, 9.17) is 14.6 Å². The largest absolute Gasteiger partial charge is 0.463 e. The van der Waals surface area contributed by atoms with Gasteiger partial charge in [-0.25, -0.2) is 19.9 Å². The third-order valence-electron chi connectivity index (χ3n) is 3.01. The summed E-state index contributed by atoms with van der Waals surface area (Å²) < 4.78 is 10.8. The number of furan rings is 2. The molecule has 0 spiro atoms. The summed E-state index contributed by atoms with van der Waals surface area (Å²) in [5, 5.41) is 0. The van der Waals surface area contributed by atoms with Gasteiger partial charge in [0.2, 0.25) is 0 Å². The smallest absolute Gasteiger partial charge is 0.184 e. The molecule has 7 nitrogen and oxygen atoms in total. The Morgan fingerprint density at radius 3 is 2.14 bits per heavy atom. The fraction of sp³-hybridized carbons (Fsp3) is 0. The zero-order valence-corrected chi connectivity index (χ0v) is 10.7. The second-order valence-electron chi connectivity index (χ2n) is 4.31. The molecule has 0 bridgehead atoms. The molecular weight excluding hydrogens is 270 g/mol. The molecule has 7 heteroatoms. The van der Waals surface area contributed by atoms with Crippen LogP contribution in [0.25, 0.3) is 34.1 Å². The summed E-state index contributed by atoms with van der Waals surface area (Å²) in [6.45, 7) is 0. The Labute approximate surface area is 118 Å². The Morgan fingerprint density at radius 1 is 0.857 bits per heavy atom. The van der Waals surface area contributed by atoms with Crippen LogP contribution in [0.1, 0.15) is 0 Å². The fourth-order valence-corrected chi connectivity index (χ4v) is 2.07. The highest BCUT2D eigenvalue weighted by atomic mass is 16.3. The monoisotopic (exact) mass is 279 g/mol. The predicted octanol–water partition coefficient (Wildman–Crippen LogP) is 2.52. The molecule has 4 rings (SSSR count). The van der Waals surface area contributed by atoms with Crippen LogP contribution < -0.4 is 5.73 Å². The zero-order chi connectivity index (χ0) is 14.2. The number of aromatic nitrogens is 4. The van der Waals surface area contributed by atoms with Gasteiger partial charge in [-0.3, -0.25) is 0 Å². The number of hydrogen-bond acceptors (Lipinski definition) is 7. The van der Waals surface area contributed by atoms with Crippen molar-refractivity contribution in [1.82, 2.24) is 19.9 Å². The fourth-order valence-electron chi connectivity index (χ4n) is 2.07. The van der Waals surface area contributed by atoms with E-state index >= 15 is 0 Å². The summed E-state index contributed by atoms with van der Waals surface area (Å²) in [5.74, 6) is 1.42. The molecule has 4 aromatic heterocycles. The van der Waals surface area contributed by atoms with E-state index in [1.165, 1.54) is 6.33 Å². The molecular formula is C14H9N5O2. The van der Waals surface area contributed by atoms with E-state index in [9.17, 15) is 0 Å². The minimum atomic E-state index is 0.270. The van der Waals surface area contributed by atoms with Crippen molar-refractivity contribution in [3.8, 4) is 22.9 Å². The van der Waals surface area contributed by atoms with E-state index in [1.807, 2.05) is 0 Å². The lowest BCUT2D eigenvalue weighted by Gasteiger charge is -2.06. The van der Waals surface area contributed by atoms with Crippen LogP contribution in [-0.4, -0.2) is 19.9 Å². The summed E-state index contributed by atoms with van der Waals surface area (Å²) in [6.07, 6.45) is 4.49. The first-order valence-corrected chi connectivity index (χ1v) is 6.19. The standard InChI is InChI=1S/C14H9N5O2/c15-13-12-14(17-7-16-13)19-11(9-4-2-6-21-9)10(18-12)8-3-1-5-20-8/h1-7H,(H2,15,16,17,19). The van der Waals surface area contributed by atoms with Crippen LogP contribution in [0.5, 0.6) is 0 Å². The molecule has 2 N–H and O–H groups in total. The average Bonchev–Trinajstić information content (AvgIpc) is 3.20. The van der Waals surface area contributed by atoms with Gasteiger partial charge < -0.3 is 14.6 Å². The second kappa shape index (κ2) is 4.41. The number of nitrogens with zero attached hydrogens (tertiary/aromatic N) is 4. The van der Waals surface area contributed by atoms with E-state index in [0.717, 1.165) is 0 Å². The van der Waals surface area contributed by atoms with Gasteiger partial charge in [0, 0.05) is 0 Å². The summed E-state index contributed by atoms with van der Waals surface area (Å²) >= 11 is 0. The molecule has 0 aliphatic carbocycles. The Morgan fingerprint density at radius 2 is 1.52 bits per heavy atom. The van der Waals surface area contributed by atoms with Crippen molar-refractivity contribution >= 4 is 17.0 Å². The summed E-state index contributed by atoms with van der Waals surface area (Å²) in [6, 6.07) is 7.15. The molecule has 102 valence electrons. The van der Waals surface area contributed by atoms with Crippen LogP contribution in [-0.2, 0) is 0 Å². The Kier molecular flexibility index (Phi) is 2.43. The maximum absolute atomic E-state index is 5.84. The Hall–Kier alpha value is -3.22. The van der Waals surface area contributed by atoms with Crippen LogP contribution in [0.2, 0.25) is 0 Å². The van der Waals surface area contributed by atoms with Crippen molar-refractivity contribution in [2.24, 2.45) is 0 Å². The van der Waals surface area contributed by atoms with Gasteiger partial charge >= 0.3 is 0 Å². The van der Waals surface area contributed by atoms with Crippen LogP contribution in [0.4, 0.5) is 5.82 Å². The van der Waals surface area contributed by atoms with Gasteiger partial charge in [0.1, 0.15) is 17.7 Å². The molecule has 4 aromatic rings. The SMILES string of the molecule is Nc1ncnc2nc(-c3ccco3)c(-c3ccco3)nc12. The van der Waals surface area contributed by atoms with E-state index < -0.39 is 0 Å². The number of rotatable bonds is 2. The van der Waals surface area contributed by atoms with Crippen molar-refractivity contribution in [3.05, 3.63) is 43.1 Å². The van der Waals surface area contributed by atoms with E-state index in [0.29, 0.717) is 34.1 Å². The maximum Gasteiger partial charge on any atom is 0.184 e. The third-order valence-corrected chi connectivity index (χ3v) is 3.01. The molecule has 0 aliphatic rings. The van der Waals surface area contributed by atoms with Gasteiger partial charge in [0.25, 0.3) is 0 Å². The first-order chi connectivity index (χ1) is 10.3. The molecule has 21 heavy (non-hydrogen) atoms. The molecule has 0 amide bonds. The average molecular weight is 279 g/mol. The van der Waals surface area contributed by atoms with Crippen LogP contribution >= 0.6 is 0 Å². The maximum atomic E-state index is 5.84. The first-order valence-electron chi connectivity index (χ1n) is 6.19. The highest BCUT2D eigenvalue weighted by molar-refractivity contribution is 5.86. The number of anilines is 1. The lowest BCUT2D eigenvalue weighted by molar-refractivity contribution is 0.572. The first kappa shape index (κ1) is 11.6. The molecule has 0 fully saturated rings. The van der Waals surface area contributed by atoms with Gasteiger partial charge in [-0.15, -0.1) is 0 Å². The molecule has 0 saturated heterocycles. The quantitative estimate of drug-likeness (QED) is 0.601. The normalized spacial score (nSPS) is 11.0. The number of hydrogen-bond donors (Lipinski definition) is 1. The molecule has 0 atom stereocenters. The van der Waals surface area contributed by atoms with Crippen LogP contribution in [0.3, 0.4) is 0 Å². The highest BCUT2D eigenvalue weighted by Gasteiger charge is 2.18. The van der Waals surface area contributed by atoms with Gasteiger partial charge in [0.15, 0.2) is 28.5 Å². The number of nitrogen functional groups attached to an aromatic ring is 1. The lowest BCUT2D eigenvalue weighted by Crippen LogP contribution is -2.00. The topological polar surface area (TPSA) is 104 Å². The van der Waals surface area contributed by atoms with Crippen molar-refractivity contribution in [2.75, 3.05) is 5.73 Å². The van der Waals surface area contributed by atoms with Gasteiger partial charge in [0.05, 0.1) is 12.5 Å². The van der Waals surface area contributed by atoms with E-state index in [2.05, 4.69) is 19.9 Å². The Bertz CT molecular complexity index is 901. The number of nitrogens with two attached hydrogens (primary N) is 1. The number of fused-ring (bicyclic) bond motifs is 1. The summed E-state index contributed by atoms with van der Waals surface area (Å²) in [4.78, 5) is 17.0. The van der Waals surface area contributed by atoms with E-state index in [-0.39, 0.29) is 5.82 Å². The minimum Gasteiger partial charge on any atom is -0.463 e. The molecule has 0 unspecified atom stereocenters. The molecule has 0 aliphatic heterocycles. The van der Waals surface area contributed by atoms with Crippen molar-refractivity contribution in [2.45, 2.75) is 0 Å². The summed E-state index contributed by atoms with van der Waals surface area (Å²) in [7, 11) is 0. The highest BCUT2D eigenvalue weighted by Crippen LogP contribution is 2.31. The Balaban J connectivity index is 2.08. The van der Waals surface area contributed by atoms with Crippen LogP contribution in [0, 0.1) is 0 Å². The van der Waals surface area contributed by atoms with Crippen molar-refractivity contribution in [1.29, 1.82) is 0 Å². The minimum absolute atomic E-state index is 0.270. The van der Waals surface area contributed by atoms with Gasteiger partial charge in [-0.2, -0.15) is 0 Å². The third kappa shape index (κ3) is 1.83. The summed E-state index contributed by atoms with van der Waals surface area (Å²) in [5.41, 5.74) is 7.75. The zero-order valence-electron chi connectivity index (χ0n) is 10.7. The predicted molar refractivity (Wildman–Crippen MR) is 74.9 cm³/mol. The second-order valence-corrected chi connectivity index (χ2v) is 4.31. The molecule has 0 saturated carbocycles. The van der Waals surface area contributed by atoms with Crippen LogP contribution in [0.15, 0.2) is 52.0 Å². The van der Waals surface area contributed by atoms with Crippen molar-refractivity contribution in [3.63, 3.8) is 0 Å². The molecule has 0 aromatic carbocycles. The van der Waals surface area contributed by atoms with Gasteiger partial charge in [-0.05, 0) is 24.3 Å². The van der Waals surface area contributed by atoms with E-state index in [1.54, 1.807) is 36.8 Å². The van der Waals surface area contributed by atoms with Gasteiger partial charge in [-0.1, -0.05) is 0 Å².